The summed E-state index contributed by atoms with van der Waals surface area (Å²) < 4.78 is 5.54. The van der Waals surface area contributed by atoms with Gasteiger partial charge in [-0.2, -0.15) is 0 Å². The number of ether oxygens (including phenoxy) is 1. The van der Waals surface area contributed by atoms with Gasteiger partial charge >= 0.3 is 0 Å². The number of nitrogens with one attached hydrogen (secondary N) is 1. The molecule has 116 valence electrons. The van der Waals surface area contributed by atoms with Crippen molar-refractivity contribution < 1.29 is 9.53 Å². The minimum absolute atomic E-state index is 0.0542. The highest BCUT2D eigenvalue weighted by atomic mass is 35.5. The van der Waals surface area contributed by atoms with Crippen LogP contribution in [0.4, 0.5) is 0 Å². The third-order valence-electron chi connectivity index (χ3n) is 2.70. The van der Waals surface area contributed by atoms with Crippen LogP contribution in [0.15, 0.2) is 29.3 Å². The number of rotatable bonds is 6. The largest absolute Gasteiger partial charge is 0.462 e. The van der Waals surface area contributed by atoms with Crippen LogP contribution in [0.3, 0.4) is 0 Å². The van der Waals surface area contributed by atoms with Gasteiger partial charge in [0.25, 0.3) is 11.9 Å². The molecular weight excluding hydrogens is 288 g/mol. The highest BCUT2D eigenvalue weighted by molar-refractivity contribution is 6.34. The fourth-order valence-electron chi connectivity index (χ4n) is 1.68. The maximum Gasteiger partial charge on any atom is 0.291 e. The maximum atomic E-state index is 12.2. The highest BCUT2D eigenvalue weighted by Crippen LogP contribution is 2.14. The van der Waals surface area contributed by atoms with Crippen molar-refractivity contribution in [3.63, 3.8) is 0 Å². The number of hydrogen-bond donors (Lipinski definition) is 1. The zero-order valence-electron chi connectivity index (χ0n) is 12.9. The number of halogens is 1. The highest BCUT2D eigenvalue weighted by Gasteiger charge is 2.13. The minimum atomic E-state index is -0.310. The van der Waals surface area contributed by atoms with E-state index in [4.69, 9.17) is 16.3 Å². The Labute approximate surface area is 131 Å². The number of carbonyl (C=O) groups excluding carboxylic acids is 1. The summed E-state index contributed by atoms with van der Waals surface area (Å²) in [6, 6.07) is 7.15. The predicted octanol–water partition coefficient (Wildman–Crippen LogP) is 4.04. The van der Waals surface area contributed by atoms with E-state index in [1.807, 2.05) is 13.8 Å². The molecule has 0 saturated carbocycles. The topological polar surface area (TPSA) is 50.7 Å². The lowest BCUT2D eigenvalue weighted by atomic mass is 10.2. The Balaban J connectivity index is 2.71. The van der Waals surface area contributed by atoms with Crippen molar-refractivity contribution in [2.24, 2.45) is 4.99 Å². The van der Waals surface area contributed by atoms with E-state index in [1.165, 1.54) is 0 Å². The summed E-state index contributed by atoms with van der Waals surface area (Å²) in [4.78, 5) is 16.5. The number of carbonyl (C=O) groups is 1. The molecule has 1 rings (SSSR count). The molecule has 0 radical (unpaired) electrons. The number of amides is 1. The van der Waals surface area contributed by atoms with E-state index in [9.17, 15) is 4.79 Å². The molecule has 0 fully saturated rings. The smallest absolute Gasteiger partial charge is 0.291 e. The van der Waals surface area contributed by atoms with Gasteiger partial charge in [-0.25, -0.2) is 4.99 Å². The third kappa shape index (κ3) is 6.63. The van der Waals surface area contributed by atoms with Gasteiger partial charge in [-0.3, -0.25) is 10.1 Å². The third-order valence-corrected chi connectivity index (χ3v) is 3.03. The maximum absolute atomic E-state index is 12.2. The number of amidine groups is 1. The summed E-state index contributed by atoms with van der Waals surface area (Å²) in [7, 11) is 0. The van der Waals surface area contributed by atoms with E-state index in [0.29, 0.717) is 17.1 Å². The standard InChI is InChI=1S/C16H23ClN2O2/c1-4-5-8-11-18-16(21-12(2)3)19-15(20)13-9-6-7-10-14(13)17/h6-7,9-10,12H,4-5,8,11H2,1-3H3,(H,18,19,20). The van der Waals surface area contributed by atoms with Crippen molar-refractivity contribution >= 4 is 23.5 Å². The second-order valence-corrected chi connectivity index (χ2v) is 5.40. The number of hydrogen-bond acceptors (Lipinski definition) is 3. The van der Waals surface area contributed by atoms with Crippen LogP contribution in [0, 0.1) is 0 Å². The normalized spacial score (nSPS) is 11.6. The Kier molecular flexibility index (Phi) is 7.83. The average Bonchev–Trinajstić information content (AvgIpc) is 2.43. The lowest BCUT2D eigenvalue weighted by Crippen LogP contribution is -2.34. The molecule has 1 aromatic carbocycles. The first-order chi connectivity index (χ1) is 10.0. The number of aliphatic imine (C=N–C) groups is 1. The molecule has 0 aliphatic heterocycles. The number of nitrogens with zero attached hydrogens (tertiary/aromatic N) is 1. The molecule has 0 spiro atoms. The Hall–Kier alpha value is -1.55. The van der Waals surface area contributed by atoms with Crippen LogP contribution in [-0.2, 0) is 4.74 Å². The monoisotopic (exact) mass is 310 g/mol. The van der Waals surface area contributed by atoms with Crippen LogP contribution in [-0.4, -0.2) is 24.6 Å². The summed E-state index contributed by atoms with van der Waals surface area (Å²) in [6.07, 6.45) is 3.16. The number of unbranched alkanes of at least 4 members (excludes halogenated alkanes) is 2. The zero-order valence-corrected chi connectivity index (χ0v) is 13.6. The first-order valence-corrected chi connectivity index (χ1v) is 7.69. The molecule has 4 nitrogen and oxygen atoms in total. The lowest BCUT2D eigenvalue weighted by molar-refractivity contribution is 0.0960. The molecule has 0 bridgehead atoms. The quantitative estimate of drug-likeness (QED) is 0.490. The van der Waals surface area contributed by atoms with Crippen molar-refractivity contribution in [2.45, 2.75) is 46.1 Å². The first kappa shape index (κ1) is 17.5. The van der Waals surface area contributed by atoms with E-state index in [1.54, 1.807) is 24.3 Å². The van der Waals surface area contributed by atoms with Gasteiger partial charge in [-0.15, -0.1) is 0 Å². The fourth-order valence-corrected chi connectivity index (χ4v) is 1.90. The fraction of sp³-hybridized carbons (Fsp3) is 0.500. The van der Waals surface area contributed by atoms with Gasteiger partial charge in [-0.1, -0.05) is 43.5 Å². The van der Waals surface area contributed by atoms with Gasteiger partial charge < -0.3 is 4.74 Å². The Morgan fingerprint density at radius 1 is 1.33 bits per heavy atom. The molecule has 0 aliphatic rings. The predicted molar refractivity (Wildman–Crippen MR) is 87.0 cm³/mol. The van der Waals surface area contributed by atoms with Crippen molar-refractivity contribution in [3.05, 3.63) is 34.9 Å². The molecule has 21 heavy (non-hydrogen) atoms. The van der Waals surface area contributed by atoms with Gasteiger partial charge in [0, 0.05) is 6.54 Å². The molecule has 1 amide bonds. The van der Waals surface area contributed by atoms with Crippen LogP contribution >= 0.6 is 11.6 Å². The molecule has 1 N–H and O–H groups in total. The molecule has 0 saturated heterocycles. The van der Waals surface area contributed by atoms with Gasteiger partial charge in [0.2, 0.25) is 0 Å². The van der Waals surface area contributed by atoms with Gasteiger partial charge in [0.1, 0.15) is 0 Å². The molecule has 0 aliphatic carbocycles. The Morgan fingerprint density at radius 3 is 2.67 bits per heavy atom. The summed E-state index contributed by atoms with van der Waals surface area (Å²) in [6.45, 7) is 6.56. The SMILES string of the molecule is CCCCCN=C(NC(=O)c1ccccc1Cl)OC(C)C. The van der Waals surface area contributed by atoms with Crippen LogP contribution in [0.5, 0.6) is 0 Å². The van der Waals surface area contributed by atoms with Gasteiger partial charge in [0.05, 0.1) is 16.7 Å². The first-order valence-electron chi connectivity index (χ1n) is 7.31. The molecule has 1 aromatic rings. The average molecular weight is 311 g/mol. The van der Waals surface area contributed by atoms with E-state index < -0.39 is 0 Å². The van der Waals surface area contributed by atoms with Gasteiger partial charge in [-0.05, 0) is 32.4 Å². The van der Waals surface area contributed by atoms with Crippen LogP contribution in [0.1, 0.15) is 50.4 Å². The minimum Gasteiger partial charge on any atom is -0.462 e. The van der Waals surface area contributed by atoms with Crippen molar-refractivity contribution in [1.29, 1.82) is 0 Å². The van der Waals surface area contributed by atoms with Crippen molar-refractivity contribution in [2.75, 3.05) is 6.54 Å². The zero-order chi connectivity index (χ0) is 15.7. The Bertz CT molecular complexity index is 487. The summed E-state index contributed by atoms with van der Waals surface area (Å²) in [5, 5.41) is 3.09. The summed E-state index contributed by atoms with van der Waals surface area (Å²) in [5.74, 6) is -0.310. The van der Waals surface area contributed by atoms with Crippen molar-refractivity contribution in [3.8, 4) is 0 Å². The van der Waals surface area contributed by atoms with Crippen LogP contribution in [0.2, 0.25) is 5.02 Å². The molecule has 0 unspecified atom stereocenters. The summed E-state index contributed by atoms with van der Waals surface area (Å²) >= 11 is 6.01. The van der Waals surface area contributed by atoms with E-state index in [2.05, 4.69) is 17.2 Å². The molecule has 0 atom stereocenters. The molecule has 0 heterocycles. The second kappa shape index (κ2) is 9.40. The van der Waals surface area contributed by atoms with Crippen molar-refractivity contribution in [1.82, 2.24) is 5.32 Å². The van der Waals surface area contributed by atoms with Crippen LogP contribution in [0.25, 0.3) is 0 Å². The van der Waals surface area contributed by atoms with E-state index in [0.717, 1.165) is 19.3 Å². The number of benzene rings is 1. The molecular formula is C16H23ClN2O2. The summed E-state index contributed by atoms with van der Waals surface area (Å²) in [5.41, 5.74) is 0.410. The molecule has 5 heteroatoms. The second-order valence-electron chi connectivity index (χ2n) is 4.99. The van der Waals surface area contributed by atoms with Crippen LogP contribution < -0.4 is 5.32 Å². The van der Waals surface area contributed by atoms with E-state index in [-0.39, 0.29) is 18.0 Å². The van der Waals surface area contributed by atoms with Gasteiger partial charge in [0.15, 0.2) is 0 Å². The van der Waals surface area contributed by atoms with E-state index >= 15 is 0 Å². The lowest BCUT2D eigenvalue weighted by Gasteiger charge is -2.14. The molecule has 0 aromatic heterocycles. The Morgan fingerprint density at radius 2 is 2.05 bits per heavy atom.